The van der Waals surface area contributed by atoms with Crippen molar-refractivity contribution in [2.45, 2.75) is 13.3 Å². The first-order valence-corrected chi connectivity index (χ1v) is 3.42. The summed E-state index contributed by atoms with van der Waals surface area (Å²) in [4.78, 5) is 0. The summed E-state index contributed by atoms with van der Waals surface area (Å²) in [5.74, 6) is 0.531. The van der Waals surface area contributed by atoms with Gasteiger partial charge in [0.05, 0.1) is 0 Å². The minimum absolute atomic E-state index is 0.531. The van der Waals surface area contributed by atoms with Gasteiger partial charge in [0.15, 0.2) is 0 Å². The topological polar surface area (TPSA) is 49.9 Å². The number of hydrogen-bond acceptors (Lipinski definition) is 2. The van der Waals surface area contributed by atoms with Crippen LogP contribution in [0.1, 0.15) is 13.3 Å². The van der Waals surface area contributed by atoms with Gasteiger partial charge in [-0.2, -0.15) is 0 Å². The van der Waals surface area contributed by atoms with Crippen molar-refractivity contribution < 1.29 is 0 Å². The van der Waals surface area contributed by atoms with E-state index in [0.29, 0.717) is 5.92 Å². The molecule has 2 nitrogen and oxygen atoms in total. The van der Waals surface area contributed by atoms with Crippen molar-refractivity contribution in [1.82, 2.24) is 0 Å². The third-order valence-corrected chi connectivity index (χ3v) is 1.66. The van der Waals surface area contributed by atoms with Crippen molar-refractivity contribution in [2.24, 2.45) is 11.7 Å². The Bertz CT molecular complexity index is 201. The average Bonchev–Trinajstić information content (AvgIpc) is 1.88. The predicted octanol–water partition coefficient (Wildman–Crippen LogP) is 1.44. The van der Waals surface area contributed by atoms with Crippen molar-refractivity contribution in [1.29, 1.82) is 5.41 Å². The van der Waals surface area contributed by atoms with Crippen LogP contribution in [-0.2, 0) is 0 Å². The molecule has 0 aromatic carbocycles. The van der Waals surface area contributed by atoms with Gasteiger partial charge in [0, 0.05) is 17.5 Å². The van der Waals surface area contributed by atoms with Crippen LogP contribution in [-0.4, -0.2) is 6.21 Å². The molecule has 0 aromatic heterocycles. The van der Waals surface area contributed by atoms with Crippen LogP contribution in [0.5, 0.6) is 0 Å². The zero-order chi connectivity index (χ0) is 7.56. The Hall–Kier alpha value is -1.05. The summed E-state index contributed by atoms with van der Waals surface area (Å²) in [6.45, 7) is 2.12. The van der Waals surface area contributed by atoms with Crippen molar-refractivity contribution >= 4 is 6.21 Å². The van der Waals surface area contributed by atoms with Gasteiger partial charge in [-0.15, -0.1) is 0 Å². The van der Waals surface area contributed by atoms with E-state index in [1.807, 2.05) is 12.2 Å². The fraction of sp³-hybridized carbons (Fsp3) is 0.375. The Labute approximate surface area is 60.9 Å². The van der Waals surface area contributed by atoms with E-state index in [-0.39, 0.29) is 0 Å². The van der Waals surface area contributed by atoms with Crippen molar-refractivity contribution in [2.75, 3.05) is 0 Å². The molecular formula is C8H12N2. The van der Waals surface area contributed by atoms with Gasteiger partial charge in [-0.3, -0.25) is 0 Å². The summed E-state index contributed by atoms with van der Waals surface area (Å²) in [5, 5.41) is 6.98. The third-order valence-electron chi connectivity index (χ3n) is 1.66. The van der Waals surface area contributed by atoms with Gasteiger partial charge in [-0.25, -0.2) is 0 Å². The monoisotopic (exact) mass is 136 g/mol. The lowest BCUT2D eigenvalue weighted by molar-refractivity contribution is 0.724. The average molecular weight is 136 g/mol. The van der Waals surface area contributed by atoms with E-state index < -0.39 is 0 Å². The highest BCUT2D eigenvalue weighted by Crippen LogP contribution is 2.17. The molecule has 1 aliphatic carbocycles. The fourth-order valence-electron chi connectivity index (χ4n) is 1.04. The highest BCUT2D eigenvalue weighted by molar-refractivity contribution is 5.82. The Morgan fingerprint density at radius 3 is 3.00 bits per heavy atom. The quantitative estimate of drug-likeness (QED) is 0.526. The minimum Gasteiger partial charge on any atom is -0.398 e. The minimum atomic E-state index is 0.531. The van der Waals surface area contributed by atoms with Crippen LogP contribution in [0.2, 0.25) is 0 Å². The molecule has 2 heteroatoms. The van der Waals surface area contributed by atoms with Gasteiger partial charge < -0.3 is 11.1 Å². The van der Waals surface area contributed by atoms with Crippen LogP contribution in [0.3, 0.4) is 0 Å². The highest BCUT2D eigenvalue weighted by Gasteiger charge is 2.06. The summed E-state index contributed by atoms with van der Waals surface area (Å²) in [6, 6.07) is 0. The van der Waals surface area contributed by atoms with Crippen LogP contribution in [0.15, 0.2) is 23.4 Å². The maximum atomic E-state index is 6.98. The molecule has 0 aliphatic heterocycles. The third kappa shape index (κ3) is 1.26. The van der Waals surface area contributed by atoms with Crippen molar-refractivity contribution in [3.63, 3.8) is 0 Å². The van der Waals surface area contributed by atoms with E-state index in [1.165, 1.54) is 6.21 Å². The molecule has 0 radical (unpaired) electrons. The van der Waals surface area contributed by atoms with E-state index in [4.69, 9.17) is 11.1 Å². The zero-order valence-electron chi connectivity index (χ0n) is 6.09. The normalized spacial score (nSPS) is 25.1. The molecule has 1 aliphatic rings. The van der Waals surface area contributed by atoms with Gasteiger partial charge in [0.2, 0.25) is 0 Å². The highest BCUT2D eigenvalue weighted by atomic mass is 14.6. The van der Waals surface area contributed by atoms with E-state index in [9.17, 15) is 0 Å². The Balaban J connectivity index is 2.81. The first-order chi connectivity index (χ1) is 4.74. The van der Waals surface area contributed by atoms with Crippen LogP contribution >= 0.6 is 0 Å². The second-order valence-electron chi connectivity index (χ2n) is 2.64. The Kier molecular flexibility index (Phi) is 1.90. The van der Waals surface area contributed by atoms with E-state index in [2.05, 4.69) is 6.92 Å². The lowest BCUT2D eigenvalue weighted by Crippen LogP contribution is -2.09. The Morgan fingerprint density at radius 2 is 2.50 bits per heavy atom. The van der Waals surface area contributed by atoms with Gasteiger partial charge in [-0.1, -0.05) is 19.1 Å². The van der Waals surface area contributed by atoms with Crippen molar-refractivity contribution in [3.8, 4) is 0 Å². The van der Waals surface area contributed by atoms with Crippen LogP contribution in [0.25, 0.3) is 0 Å². The first-order valence-electron chi connectivity index (χ1n) is 3.42. The molecule has 0 bridgehead atoms. The van der Waals surface area contributed by atoms with E-state index in [1.54, 1.807) is 0 Å². The second kappa shape index (κ2) is 2.69. The number of rotatable bonds is 1. The molecule has 1 atom stereocenters. The molecule has 10 heavy (non-hydrogen) atoms. The summed E-state index contributed by atoms with van der Waals surface area (Å²) in [5.41, 5.74) is 7.23. The zero-order valence-corrected chi connectivity index (χ0v) is 6.09. The molecule has 0 amide bonds. The summed E-state index contributed by atoms with van der Waals surface area (Å²) in [7, 11) is 0. The molecule has 54 valence electrons. The molecule has 0 heterocycles. The predicted molar refractivity (Wildman–Crippen MR) is 42.9 cm³/mol. The standard InChI is InChI=1S/C8H12N2/c1-6-2-3-7(5-9)8(10)4-6/h3-6,9H,2,10H2,1H3. The first kappa shape index (κ1) is 7.06. The number of nitrogens with one attached hydrogen (secondary N) is 1. The lowest BCUT2D eigenvalue weighted by atomic mass is 9.97. The SMILES string of the molecule is CC1C=C(N)C(C=N)=CC1. The molecule has 0 fully saturated rings. The summed E-state index contributed by atoms with van der Waals surface area (Å²) in [6.07, 6.45) is 6.32. The molecular weight excluding hydrogens is 124 g/mol. The van der Waals surface area contributed by atoms with Crippen LogP contribution in [0.4, 0.5) is 0 Å². The second-order valence-corrected chi connectivity index (χ2v) is 2.64. The van der Waals surface area contributed by atoms with Gasteiger partial charge in [0.25, 0.3) is 0 Å². The number of hydrogen-bond donors (Lipinski definition) is 2. The smallest absolute Gasteiger partial charge is 0.0362 e. The molecule has 0 saturated carbocycles. The number of allylic oxidation sites excluding steroid dienone is 3. The van der Waals surface area contributed by atoms with Gasteiger partial charge in [0.1, 0.15) is 0 Å². The molecule has 1 unspecified atom stereocenters. The lowest BCUT2D eigenvalue weighted by Gasteiger charge is -2.12. The van der Waals surface area contributed by atoms with E-state index >= 15 is 0 Å². The number of nitrogens with two attached hydrogens (primary N) is 1. The largest absolute Gasteiger partial charge is 0.398 e. The van der Waals surface area contributed by atoms with E-state index in [0.717, 1.165) is 17.7 Å². The Morgan fingerprint density at radius 1 is 1.80 bits per heavy atom. The molecule has 0 spiro atoms. The summed E-state index contributed by atoms with van der Waals surface area (Å²) >= 11 is 0. The maximum absolute atomic E-state index is 6.98. The van der Waals surface area contributed by atoms with Gasteiger partial charge >= 0.3 is 0 Å². The van der Waals surface area contributed by atoms with Crippen molar-refractivity contribution in [3.05, 3.63) is 23.4 Å². The van der Waals surface area contributed by atoms with Crippen LogP contribution < -0.4 is 5.73 Å². The molecule has 3 N–H and O–H groups in total. The molecule has 1 rings (SSSR count). The van der Waals surface area contributed by atoms with Gasteiger partial charge in [-0.05, 0) is 12.3 Å². The van der Waals surface area contributed by atoms with Crippen LogP contribution in [0, 0.1) is 11.3 Å². The maximum Gasteiger partial charge on any atom is 0.0362 e. The molecule has 0 saturated heterocycles. The fourth-order valence-corrected chi connectivity index (χ4v) is 1.04. The summed E-state index contributed by atoms with van der Waals surface area (Å²) < 4.78 is 0. The molecule has 0 aromatic rings.